The highest BCUT2D eigenvalue weighted by molar-refractivity contribution is 7.86. The van der Waals surface area contributed by atoms with E-state index in [1.807, 2.05) is 6.92 Å². The van der Waals surface area contributed by atoms with Gasteiger partial charge in [-0.15, -0.1) is 0 Å². The van der Waals surface area contributed by atoms with Crippen molar-refractivity contribution in [2.45, 2.75) is 114 Å². The van der Waals surface area contributed by atoms with E-state index in [2.05, 4.69) is 11.7 Å². The number of esters is 1. The third-order valence-electron chi connectivity index (χ3n) is 12.1. The molecule has 4 aliphatic carbocycles. The van der Waals surface area contributed by atoms with Gasteiger partial charge in [-0.2, -0.15) is 30.4 Å². The van der Waals surface area contributed by atoms with Crippen LogP contribution in [0.3, 0.4) is 0 Å². The quantitative estimate of drug-likeness (QED) is 0.0917. The summed E-state index contributed by atoms with van der Waals surface area (Å²) >= 11 is 0. The molecule has 1 unspecified atom stereocenters. The molecule has 12 atom stereocenters. The van der Waals surface area contributed by atoms with Gasteiger partial charge in [-0.3, -0.25) is 23.7 Å². The van der Waals surface area contributed by atoms with Gasteiger partial charge in [0.2, 0.25) is 0 Å². The lowest BCUT2D eigenvalue weighted by Gasteiger charge is -2.64. The highest BCUT2D eigenvalue weighted by Crippen LogP contribution is 2.69. The summed E-state index contributed by atoms with van der Waals surface area (Å²) in [6, 6.07) is 0. The van der Waals surface area contributed by atoms with Crippen molar-refractivity contribution in [3.63, 3.8) is 0 Å². The van der Waals surface area contributed by atoms with Gasteiger partial charge in [0.15, 0.2) is 0 Å². The summed E-state index contributed by atoms with van der Waals surface area (Å²) < 4.78 is 119. The first-order chi connectivity index (χ1) is 21.8. The summed E-state index contributed by atoms with van der Waals surface area (Å²) in [7, 11) is -6.57. The topological polar surface area (TPSA) is 160 Å². The molecule has 11 nitrogen and oxygen atoms in total. The van der Waals surface area contributed by atoms with Crippen LogP contribution >= 0.6 is 0 Å². The van der Waals surface area contributed by atoms with Gasteiger partial charge in [-0.05, 0) is 86.4 Å². The Balaban J connectivity index is 1.56. The number of ether oxygens (including phenoxy) is 4. The summed E-state index contributed by atoms with van der Waals surface area (Å²) in [5.74, 6) is -2.64. The maximum Gasteiger partial charge on any atom is 0.432 e. The van der Waals surface area contributed by atoms with Crippen LogP contribution < -0.4 is 0 Å². The zero-order chi connectivity index (χ0) is 35.2. The van der Waals surface area contributed by atoms with Crippen LogP contribution in [-0.4, -0.2) is 74.2 Å². The van der Waals surface area contributed by atoms with Crippen molar-refractivity contribution in [3.8, 4) is 0 Å². The fraction of sp³-hybridized carbons (Fsp3) is 0.867. The molecular weight excluding hydrogens is 663 g/mol. The second-order valence-electron chi connectivity index (χ2n) is 14.1. The van der Waals surface area contributed by atoms with E-state index < -0.39 is 63.6 Å². The zero-order valence-corrected chi connectivity index (χ0v) is 27.0. The number of halogens is 5. The van der Waals surface area contributed by atoms with Crippen LogP contribution in [-0.2, 0) is 48.2 Å². The Hall–Kier alpha value is -2.56. The van der Waals surface area contributed by atoms with E-state index in [0.29, 0.717) is 57.9 Å². The average Bonchev–Trinajstić information content (AvgIpc) is 3.33. The van der Waals surface area contributed by atoms with Gasteiger partial charge in [0.05, 0.1) is 0 Å². The van der Waals surface area contributed by atoms with E-state index in [-0.39, 0.29) is 47.5 Å². The van der Waals surface area contributed by atoms with Gasteiger partial charge in [-0.25, -0.2) is 0 Å². The summed E-state index contributed by atoms with van der Waals surface area (Å²) in [5, 5.41) is -5.83. The van der Waals surface area contributed by atoms with Crippen LogP contribution in [0.1, 0.15) is 78.6 Å². The average molecular weight is 705 g/mol. The number of fused-ring (bicyclic) bond motifs is 5. The molecule has 4 aliphatic rings. The van der Waals surface area contributed by atoms with Gasteiger partial charge >= 0.3 is 27.5 Å². The highest BCUT2D eigenvalue weighted by Gasteiger charge is 2.68. The fourth-order valence-electron chi connectivity index (χ4n) is 9.95. The van der Waals surface area contributed by atoms with Gasteiger partial charge in [-0.1, -0.05) is 20.8 Å². The molecule has 1 N–H and O–H groups in total. The molecule has 47 heavy (non-hydrogen) atoms. The number of hydrogen-bond acceptors (Lipinski definition) is 10. The lowest BCUT2D eigenvalue weighted by Crippen LogP contribution is -2.63. The minimum Gasteiger partial charge on any atom is -0.465 e. The Morgan fingerprint density at radius 2 is 1.57 bits per heavy atom. The van der Waals surface area contributed by atoms with E-state index in [1.54, 1.807) is 6.92 Å². The molecule has 0 aromatic rings. The molecule has 0 amide bonds. The predicted molar refractivity (Wildman–Crippen MR) is 150 cm³/mol. The SMILES string of the molecule is C[C@H](CCC(=O)OC(C(F)(F)F)C(F)(F)S(=O)(=O)O)[C@H]1CC[C@H]2[C@@H]3[C@H](OC=O)C[C@@H]4C[C@H](OC=O)CC[C@]4(C)[C@H]3C[C@H](OC=O)[C@]12C. The molecule has 4 saturated carbocycles. The van der Waals surface area contributed by atoms with Gasteiger partial charge in [0.1, 0.15) is 18.3 Å². The third kappa shape index (κ3) is 6.71. The van der Waals surface area contributed by atoms with E-state index in [0.717, 1.165) is 6.42 Å². The van der Waals surface area contributed by atoms with Crippen LogP contribution in [0.15, 0.2) is 0 Å². The van der Waals surface area contributed by atoms with Crippen LogP contribution in [0, 0.1) is 46.3 Å². The molecule has 0 saturated heterocycles. The molecule has 0 aromatic heterocycles. The Kier molecular flexibility index (Phi) is 10.6. The van der Waals surface area contributed by atoms with E-state index in [1.165, 1.54) is 0 Å². The van der Waals surface area contributed by atoms with Gasteiger partial charge in [0.25, 0.3) is 25.5 Å². The summed E-state index contributed by atoms with van der Waals surface area (Å²) in [6.45, 7) is 7.07. The zero-order valence-electron chi connectivity index (χ0n) is 26.2. The molecule has 17 heteroatoms. The normalized spacial score (nSPS) is 38.4. The van der Waals surface area contributed by atoms with Crippen molar-refractivity contribution in [3.05, 3.63) is 0 Å². The van der Waals surface area contributed by atoms with E-state index in [4.69, 9.17) is 18.8 Å². The number of hydrogen-bond donors (Lipinski definition) is 1. The smallest absolute Gasteiger partial charge is 0.432 e. The van der Waals surface area contributed by atoms with E-state index in [9.17, 15) is 49.5 Å². The molecule has 0 spiro atoms. The first-order valence-electron chi connectivity index (χ1n) is 15.7. The fourth-order valence-corrected chi connectivity index (χ4v) is 10.4. The maximum atomic E-state index is 13.9. The van der Waals surface area contributed by atoms with Crippen molar-refractivity contribution in [2.75, 3.05) is 0 Å². The van der Waals surface area contributed by atoms with Gasteiger partial charge < -0.3 is 18.9 Å². The van der Waals surface area contributed by atoms with Gasteiger partial charge in [0, 0.05) is 17.8 Å². The molecular formula is C30H41F5O11S. The largest absolute Gasteiger partial charge is 0.465 e. The third-order valence-corrected chi connectivity index (χ3v) is 13.0. The highest BCUT2D eigenvalue weighted by atomic mass is 32.2. The Morgan fingerprint density at radius 1 is 0.936 bits per heavy atom. The van der Waals surface area contributed by atoms with Crippen LogP contribution in [0.25, 0.3) is 0 Å². The molecule has 0 aromatic carbocycles. The van der Waals surface area contributed by atoms with Crippen LogP contribution in [0.2, 0.25) is 0 Å². The monoisotopic (exact) mass is 704 g/mol. The Morgan fingerprint density at radius 3 is 2.15 bits per heavy atom. The standard InChI is InChI=1S/C30H41F5O11S/c1-16(4-7-24(39)46-26(29(31,32)33)30(34,35)47(40,41)42)19-5-6-20-25-21(12-23(45-15-38)28(19,20)3)27(2)9-8-18(43-13-36)10-17(27)11-22(25)44-14-37/h13-23,25-26H,4-12H2,1-3H3,(H,40,41,42)/t16-,17+,18-,19-,20+,21+,22-,23+,25+,26?,27+,28-/m1/s1. The molecule has 268 valence electrons. The maximum absolute atomic E-state index is 13.9. The summed E-state index contributed by atoms with van der Waals surface area (Å²) in [4.78, 5) is 46.9. The second-order valence-corrected chi connectivity index (χ2v) is 15.6. The minimum absolute atomic E-state index is 0.0285. The minimum atomic E-state index is -6.57. The number of rotatable bonds is 13. The van der Waals surface area contributed by atoms with Crippen molar-refractivity contribution in [1.82, 2.24) is 0 Å². The second kappa shape index (κ2) is 13.4. The van der Waals surface area contributed by atoms with Crippen molar-refractivity contribution in [1.29, 1.82) is 0 Å². The van der Waals surface area contributed by atoms with Crippen molar-refractivity contribution in [2.24, 2.45) is 46.3 Å². The molecule has 0 heterocycles. The van der Waals surface area contributed by atoms with E-state index >= 15 is 0 Å². The molecule has 4 rings (SSSR count). The summed E-state index contributed by atoms with van der Waals surface area (Å²) in [6.07, 6.45) is -8.48. The first kappa shape index (κ1) is 37.3. The summed E-state index contributed by atoms with van der Waals surface area (Å²) in [5.41, 5.74) is -0.960. The molecule has 4 fully saturated rings. The lowest BCUT2D eigenvalue weighted by atomic mass is 9.43. The molecule has 0 aliphatic heterocycles. The van der Waals surface area contributed by atoms with Crippen LogP contribution in [0.4, 0.5) is 22.0 Å². The molecule has 0 bridgehead atoms. The van der Waals surface area contributed by atoms with Crippen molar-refractivity contribution >= 4 is 35.5 Å². The first-order valence-corrected chi connectivity index (χ1v) is 17.1. The Bertz CT molecular complexity index is 1300. The van der Waals surface area contributed by atoms with Crippen molar-refractivity contribution < 1.29 is 73.0 Å². The molecule has 0 radical (unpaired) electrons. The number of carbonyl (C=O) groups is 4. The predicted octanol–water partition coefficient (Wildman–Crippen LogP) is 4.86. The van der Waals surface area contributed by atoms with Crippen LogP contribution in [0.5, 0.6) is 0 Å². The lowest BCUT2D eigenvalue weighted by molar-refractivity contribution is -0.259. The number of alkyl halides is 5. The Labute approximate surface area is 269 Å². The number of carbonyl (C=O) groups excluding carboxylic acids is 4.